The van der Waals surface area contributed by atoms with Crippen LogP contribution in [-0.2, 0) is 10.0 Å². The summed E-state index contributed by atoms with van der Waals surface area (Å²) in [6, 6.07) is 18.6. The van der Waals surface area contributed by atoms with Gasteiger partial charge in [-0.05, 0) is 48.5 Å². The van der Waals surface area contributed by atoms with E-state index in [2.05, 4.69) is 10.0 Å². The Balaban J connectivity index is 1.57. The molecule has 9 heteroatoms. The largest absolute Gasteiger partial charge is 0.454 e. The van der Waals surface area contributed by atoms with Crippen LogP contribution in [0, 0.1) is 11.3 Å². The van der Waals surface area contributed by atoms with E-state index in [9.17, 15) is 13.2 Å². The molecule has 4 rings (SSSR count). The smallest absolute Gasteiger partial charge is 0.261 e. The molecule has 1 heterocycles. The summed E-state index contributed by atoms with van der Waals surface area (Å²) in [5.41, 5.74) is 1.10. The molecule has 0 fully saturated rings. The SMILES string of the molecule is N#Cc1ccc(S(=O)(=O)Nc2ccccc2C(=O)Nc2ccc3c(c2)OCO3)cc1. The fraction of sp³-hybridized carbons (Fsp3) is 0.0476. The predicted molar refractivity (Wildman–Crippen MR) is 109 cm³/mol. The number of nitrogens with one attached hydrogen (secondary N) is 2. The minimum absolute atomic E-state index is 0.0208. The number of hydrogen-bond donors (Lipinski definition) is 2. The third kappa shape index (κ3) is 3.90. The number of para-hydroxylation sites is 1. The van der Waals surface area contributed by atoms with Crippen molar-refractivity contribution in [2.45, 2.75) is 4.90 Å². The number of carbonyl (C=O) groups is 1. The normalized spacial score (nSPS) is 12.1. The van der Waals surface area contributed by atoms with Gasteiger partial charge < -0.3 is 14.8 Å². The van der Waals surface area contributed by atoms with Crippen molar-refractivity contribution >= 4 is 27.3 Å². The van der Waals surface area contributed by atoms with Crippen LogP contribution in [0.2, 0.25) is 0 Å². The zero-order valence-corrected chi connectivity index (χ0v) is 16.3. The number of nitriles is 1. The molecule has 0 saturated heterocycles. The molecule has 1 aliphatic heterocycles. The highest BCUT2D eigenvalue weighted by molar-refractivity contribution is 7.92. The minimum atomic E-state index is -3.95. The lowest BCUT2D eigenvalue weighted by molar-refractivity contribution is 0.102. The molecular formula is C21H15N3O5S. The van der Waals surface area contributed by atoms with E-state index in [4.69, 9.17) is 14.7 Å². The molecule has 0 aliphatic carbocycles. The predicted octanol–water partition coefficient (Wildman–Crippen LogP) is 3.34. The number of nitrogens with zero attached hydrogens (tertiary/aromatic N) is 1. The number of anilines is 2. The van der Waals surface area contributed by atoms with Crippen LogP contribution in [0.4, 0.5) is 11.4 Å². The summed E-state index contributed by atoms with van der Waals surface area (Å²) in [4.78, 5) is 12.8. The average Bonchev–Trinajstić information content (AvgIpc) is 3.22. The van der Waals surface area contributed by atoms with Gasteiger partial charge in [-0.1, -0.05) is 12.1 Å². The molecule has 0 aromatic heterocycles. The monoisotopic (exact) mass is 421 g/mol. The van der Waals surface area contributed by atoms with Gasteiger partial charge in [0.15, 0.2) is 11.5 Å². The van der Waals surface area contributed by atoms with Gasteiger partial charge in [0.05, 0.1) is 27.8 Å². The topological polar surface area (TPSA) is 118 Å². The molecule has 2 N–H and O–H groups in total. The van der Waals surface area contributed by atoms with E-state index in [1.54, 1.807) is 30.3 Å². The highest BCUT2D eigenvalue weighted by Crippen LogP contribution is 2.34. The number of benzene rings is 3. The Kier molecular flexibility index (Phi) is 5.00. The van der Waals surface area contributed by atoms with E-state index in [0.717, 1.165) is 0 Å². The number of ether oxygens (including phenoxy) is 2. The van der Waals surface area contributed by atoms with Crippen LogP contribution in [0.25, 0.3) is 0 Å². The lowest BCUT2D eigenvalue weighted by atomic mass is 10.1. The Morgan fingerprint density at radius 1 is 0.967 bits per heavy atom. The first-order valence-corrected chi connectivity index (χ1v) is 10.3. The van der Waals surface area contributed by atoms with Gasteiger partial charge in [-0.25, -0.2) is 8.42 Å². The van der Waals surface area contributed by atoms with E-state index in [1.807, 2.05) is 6.07 Å². The van der Waals surface area contributed by atoms with Gasteiger partial charge in [0, 0.05) is 11.8 Å². The van der Waals surface area contributed by atoms with Crippen molar-refractivity contribution in [2.24, 2.45) is 0 Å². The maximum atomic E-state index is 12.8. The summed E-state index contributed by atoms with van der Waals surface area (Å²) in [5.74, 6) is 0.609. The van der Waals surface area contributed by atoms with Crippen molar-refractivity contribution in [3.05, 3.63) is 77.9 Å². The summed E-state index contributed by atoms with van der Waals surface area (Å²) in [6.07, 6.45) is 0. The van der Waals surface area contributed by atoms with Gasteiger partial charge in [-0.15, -0.1) is 0 Å². The van der Waals surface area contributed by atoms with Gasteiger partial charge in [-0.3, -0.25) is 9.52 Å². The van der Waals surface area contributed by atoms with Crippen molar-refractivity contribution < 1.29 is 22.7 Å². The van der Waals surface area contributed by atoms with Gasteiger partial charge in [0.2, 0.25) is 6.79 Å². The Morgan fingerprint density at radius 2 is 1.70 bits per heavy atom. The lowest BCUT2D eigenvalue weighted by Crippen LogP contribution is -2.18. The zero-order valence-electron chi connectivity index (χ0n) is 15.5. The Morgan fingerprint density at radius 3 is 2.47 bits per heavy atom. The standard InChI is InChI=1S/C21H15N3O5S/c22-12-14-5-8-16(9-6-14)30(26,27)24-18-4-2-1-3-17(18)21(25)23-15-7-10-19-20(11-15)29-13-28-19/h1-11,24H,13H2,(H,23,25). The van der Waals surface area contributed by atoms with E-state index >= 15 is 0 Å². The number of carbonyl (C=O) groups excluding carboxylic acids is 1. The number of rotatable bonds is 5. The third-order valence-corrected chi connectivity index (χ3v) is 5.72. The molecule has 8 nitrogen and oxygen atoms in total. The van der Waals surface area contributed by atoms with Crippen molar-refractivity contribution in [3.63, 3.8) is 0 Å². The number of sulfonamides is 1. The summed E-state index contributed by atoms with van der Waals surface area (Å²) in [5, 5.41) is 11.6. The quantitative estimate of drug-likeness (QED) is 0.652. The number of hydrogen-bond acceptors (Lipinski definition) is 6. The van der Waals surface area contributed by atoms with Crippen LogP contribution in [0.5, 0.6) is 11.5 Å². The van der Waals surface area contributed by atoms with Crippen LogP contribution in [0.3, 0.4) is 0 Å². The molecule has 0 spiro atoms. The van der Waals surface area contributed by atoms with Crippen LogP contribution in [0.1, 0.15) is 15.9 Å². The summed E-state index contributed by atoms with van der Waals surface area (Å²) >= 11 is 0. The minimum Gasteiger partial charge on any atom is -0.454 e. The first-order valence-electron chi connectivity index (χ1n) is 8.79. The number of amides is 1. The summed E-state index contributed by atoms with van der Waals surface area (Å²) in [6.45, 7) is 0.118. The Labute approximate surface area is 172 Å². The lowest BCUT2D eigenvalue weighted by Gasteiger charge is -2.13. The fourth-order valence-electron chi connectivity index (χ4n) is 2.86. The maximum Gasteiger partial charge on any atom is 0.261 e. The fourth-order valence-corrected chi connectivity index (χ4v) is 3.93. The highest BCUT2D eigenvalue weighted by atomic mass is 32.2. The van der Waals surface area contributed by atoms with Crippen LogP contribution in [0.15, 0.2) is 71.6 Å². The number of fused-ring (bicyclic) bond motifs is 1. The van der Waals surface area contributed by atoms with Crippen molar-refractivity contribution in [3.8, 4) is 17.6 Å². The average molecular weight is 421 g/mol. The van der Waals surface area contributed by atoms with E-state index in [-0.39, 0.29) is 22.9 Å². The molecular weight excluding hydrogens is 406 g/mol. The molecule has 1 aliphatic rings. The van der Waals surface area contributed by atoms with Gasteiger partial charge >= 0.3 is 0 Å². The van der Waals surface area contributed by atoms with Gasteiger partial charge in [0.1, 0.15) is 0 Å². The zero-order chi connectivity index (χ0) is 21.1. The second-order valence-corrected chi connectivity index (χ2v) is 7.99. The van der Waals surface area contributed by atoms with Crippen molar-refractivity contribution in [2.75, 3.05) is 16.8 Å². The highest BCUT2D eigenvalue weighted by Gasteiger charge is 2.20. The molecule has 3 aromatic rings. The van der Waals surface area contributed by atoms with E-state index in [1.165, 1.54) is 36.4 Å². The van der Waals surface area contributed by atoms with Crippen molar-refractivity contribution in [1.29, 1.82) is 5.26 Å². The molecule has 1 amide bonds. The van der Waals surface area contributed by atoms with Crippen LogP contribution < -0.4 is 19.5 Å². The molecule has 3 aromatic carbocycles. The summed E-state index contributed by atoms with van der Waals surface area (Å²) in [7, 11) is -3.95. The van der Waals surface area contributed by atoms with Gasteiger partial charge in [0.25, 0.3) is 15.9 Å². The van der Waals surface area contributed by atoms with Crippen LogP contribution >= 0.6 is 0 Å². The summed E-state index contributed by atoms with van der Waals surface area (Å²) < 4.78 is 38.4. The Hall–Kier alpha value is -4.03. The molecule has 0 saturated carbocycles. The van der Waals surface area contributed by atoms with Crippen molar-refractivity contribution in [1.82, 2.24) is 0 Å². The first kappa shape index (κ1) is 19.3. The molecule has 0 atom stereocenters. The van der Waals surface area contributed by atoms with E-state index in [0.29, 0.717) is 22.7 Å². The second-order valence-electron chi connectivity index (χ2n) is 6.31. The molecule has 150 valence electrons. The molecule has 0 bridgehead atoms. The third-order valence-electron chi connectivity index (χ3n) is 4.34. The van der Waals surface area contributed by atoms with Gasteiger partial charge in [-0.2, -0.15) is 5.26 Å². The molecule has 0 unspecified atom stereocenters. The molecule has 0 radical (unpaired) electrons. The molecule has 30 heavy (non-hydrogen) atoms. The first-order chi connectivity index (χ1) is 14.5. The van der Waals surface area contributed by atoms with E-state index < -0.39 is 15.9 Å². The maximum absolute atomic E-state index is 12.8. The van der Waals surface area contributed by atoms with Crippen LogP contribution in [-0.4, -0.2) is 21.1 Å². The second kappa shape index (κ2) is 7.77. The Bertz CT molecular complexity index is 1260.